The second-order valence-corrected chi connectivity index (χ2v) is 7.19. The minimum atomic E-state index is -0.378. The molecule has 1 heterocycles. The van der Waals surface area contributed by atoms with Crippen LogP contribution in [0.15, 0.2) is 42.5 Å². The number of nitrogens with zero attached hydrogens (tertiary/aromatic N) is 1. The molecule has 0 radical (unpaired) electrons. The molecule has 2 aromatic carbocycles. The highest BCUT2D eigenvalue weighted by Crippen LogP contribution is 2.23. The van der Waals surface area contributed by atoms with Gasteiger partial charge < -0.3 is 15.0 Å². The average molecular weight is 404 g/mol. The molecule has 5 nitrogen and oxygen atoms in total. The molecule has 142 valence electrons. The Morgan fingerprint density at radius 1 is 1.11 bits per heavy atom. The van der Waals surface area contributed by atoms with Crippen LogP contribution in [-0.2, 0) is 0 Å². The lowest BCUT2D eigenvalue weighted by atomic mass is 10.1. The molecule has 7 heteroatoms. The zero-order chi connectivity index (χ0) is 19.2. The number of carbonyl (C=O) groups excluding carboxylic acids is 1. The molecule has 1 amide bonds. The van der Waals surface area contributed by atoms with Gasteiger partial charge in [-0.25, -0.2) is 0 Å². The normalized spacial score (nSPS) is 13.8. The van der Waals surface area contributed by atoms with E-state index < -0.39 is 0 Å². The van der Waals surface area contributed by atoms with E-state index in [0.29, 0.717) is 16.3 Å². The number of rotatable bonds is 4. The zero-order valence-corrected chi connectivity index (χ0v) is 16.7. The van der Waals surface area contributed by atoms with Gasteiger partial charge in [0, 0.05) is 29.5 Å². The number of ether oxygens (including phenoxy) is 1. The van der Waals surface area contributed by atoms with Crippen molar-refractivity contribution in [2.45, 2.75) is 19.3 Å². The summed E-state index contributed by atoms with van der Waals surface area (Å²) in [5.41, 5.74) is 2.35. The number of hydrogen-bond acceptors (Lipinski definition) is 4. The van der Waals surface area contributed by atoms with Crippen LogP contribution >= 0.6 is 23.8 Å². The van der Waals surface area contributed by atoms with Crippen molar-refractivity contribution in [3.05, 3.63) is 53.1 Å². The molecule has 0 bridgehead atoms. The third-order valence-electron chi connectivity index (χ3n) is 4.48. The van der Waals surface area contributed by atoms with Crippen molar-refractivity contribution in [1.29, 1.82) is 0 Å². The Morgan fingerprint density at radius 3 is 2.48 bits per heavy atom. The number of hydrogen-bond donors (Lipinski definition) is 2. The van der Waals surface area contributed by atoms with Gasteiger partial charge in [0.1, 0.15) is 5.75 Å². The molecule has 1 fully saturated rings. The Labute approximate surface area is 169 Å². The number of amides is 1. The third-order valence-corrected chi connectivity index (χ3v) is 4.92. The minimum absolute atomic E-state index is 0.216. The van der Waals surface area contributed by atoms with Crippen LogP contribution in [0.2, 0.25) is 5.02 Å². The van der Waals surface area contributed by atoms with Crippen LogP contribution in [0.5, 0.6) is 5.75 Å². The van der Waals surface area contributed by atoms with E-state index in [1.807, 2.05) is 12.1 Å². The van der Waals surface area contributed by atoms with Crippen LogP contribution in [0.1, 0.15) is 29.6 Å². The molecular weight excluding hydrogens is 382 g/mol. The fourth-order valence-electron chi connectivity index (χ4n) is 3.10. The summed E-state index contributed by atoms with van der Waals surface area (Å²) < 4.78 is 5.20. The fraction of sp³-hybridized carbons (Fsp3) is 0.300. The molecule has 1 aliphatic rings. The number of methoxy groups -OCH3 is 1. The second-order valence-electron chi connectivity index (χ2n) is 6.35. The molecule has 0 aromatic heterocycles. The highest BCUT2D eigenvalue weighted by Gasteiger charge is 2.15. The molecule has 2 N–H and O–H groups in total. The minimum Gasteiger partial charge on any atom is -0.496 e. The van der Waals surface area contributed by atoms with Gasteiger partial charge in [0.25, 0.3) is 5.91 Å². The number of benzene rings is 2. The summed E-state index contributed by atoms with van der Waals surface area (Å²) in [5.74, 6) is 0.0578. The number of piperidine rings is 1. The van der Waals surface area contributed by atoms with Gasteiger partial charge in [-0.15, -0.1) is 0 Å². The predicted molar refractivity (Wildman–Crippen MR) is 114 cm³/mol. The van der Waals surface area contributed by atoms with E-state index in [-0.39, 0.29) is 11.0 Å². The summed E-state index contributed by atoms with van der Waals surface area (Å²) in [6, 6.07) is 12.9. The van der Waals surface area contributed by atoms with Gasteiger partial charge in [-0.1, -0.05) is 11.6 Å². The second kappa shape index (κ2) is 9.06. The Kier molecular flexibility index (Phi) is 6.53. The summed E-state index contributed by atoms with van der Waals surface area (Å²) in [6.45, 7) is 2.20. The summed E-state index contributed by atoms with van der Waals surface area (Å²) in [7, 11) is 1.50. The first-order chi connectivity index (χ1) is 13.1. The highest BCUT2D eigenvalue weighted by atomic mass is 35.5. The Morgan fingerprint density at radius 2 is 1.81 bits per heavy atom. The van der Waals surface area contributed by atoms with Crippen molar-refractivity contribution in [2.24, 2.45) is 0 Å². The Hall–Kier alpha value is -2.31. The van der Waals surface area contributed by atoms with Crippen LogP contribution in [0.25, 0.3) is 0 Å². The summed E-state index contributed by atoms with van der Waals surface area (Å²) >= 11 is 11.2. The number of thiocarbonyl (C=S) groups is 1. The van der Waals surface area contributed by atoms with Gasteiger partial charge in [-0.2, -0.15) is 0 Å². The molecule has 1 aliphatic heterocycles. The lowest BCUT2D eigenvalue weighted by molar-refractivity contribution is 0.0975. The topological polar surface area (TPSA) is 53.6 Å². The van der Waals surface area contributed by atoms with E-state index in [1.165, 1.54) is 32.1 Å². The van der Waals surface area contributed by atoms with E-state index in [4.69, 9.17) is 28.6 Å². The van der Waals surface area contributed by atoms with Crippen LogP contribution in [0, 0.1) is 0 Å². The number of halogens is 1. The molecule has 1 saturated heterocycles. The maximum absolute atomic E-state index is 12.5. The van der Waals surface area contributed by atoms with Gasteiger partial charge >= 0.3 is 0 Å². The van der Waals surface area contributed by atoms with Crippen LogP contribution in [0.3, 0.4) is 0 Å². The number of nitrogens with one attached hydrogen (secondary N) is 2. The van der Waals surface area contributed by atoms with Crippen molar-refractivity contribution < 1.29 is 9.53 Å². The van der Waals surface area contributed by atoms with Crippen molar-refractivity contribution in [2.75, 3.05) is 30.4 Å². The SMILES string of the molecule is COc1ccc(Cl)cc1C(=O)NC(=S)Nc1ccc(N2CCCCC2)cc1. The molecule has 0 spiro atoms. The standard InChI is InChI=1S/C20H22ClN3O2S/c1-26-18-10-5-14(21)13-17(18)19(25)23-20(27)22-15-6-8-16(9-7-15)24-11-3-2-4-12-24/h5-10,13H,2-4,11-12H2,1H3,(H2,22,23,25,27). The predicted octanol–water partition coefficient (Wildman–Crippen LogP) is 4.47. The quantitative estimate of drug-likeness (QED) is 0.738. The Balaban J connectivity index is 1.60. The average Bonchev–Trinajstić information content (AvgIpc) is 2.69. The first kappa shape index (κ1) is 19.5. The van der Waals surface area contributed by atoms with Crippen LogP contribution in [-0.4, -0.2) is 31.2 Å². The number of carbonyl (C=O) groups is 1. The lowest BCUT2D eigenvalue weighted by Gasteiger charge is -2.28. The molecule has 3 rings (SSSR count). The van der Waals surface area contributed by atoms with Crippen LogP contribution < -0.4 is 20.3 Å². The molecule has 0 saturated carbocycles. The first-order valence-corrected chi connectivity index (χ1v) is 9.66. The maximum Gasteiger partial charge on any atom is 0.261 e. The van der Waals surface area contributed by atoms with Crippen molar-refractivity contribution >= 4 is 46.2 Å². The summed E-state index contributed by atoms with van der Waals surface area (Å²) in [6.07, 6.45) is 3.79. The van der Waals surface area contributed by atoms with Gasteiger partial charge in [-0.3, -0.25) is 10.1 Å². The maximum atomic E-state index is 12.5. The van der Waals surface area contributed by atoms with E-state index in [2.05, 4.69) is 27.7 Å². The summed E-state index contributed by atoms with van der Waals surface area (Å²) in [5, 5.41) is 6.36. The van der Waals surface area contributed by atoms with Crippen LogP contribution in [0.4, 0.5) is 11.4 Å². The monoisotopic (exact) mass is 403 g/mol. The van der Waals surface area contributed by atoms with Crippen molar-refractivity contribution in [1.82, 2.24) is 5.32 Å². The van der Waals surface area contributed by atoms with Gasteiger partial charge in [0.05, 0.1) is 12.7 Å². The molecule has 0 unspecified atom stereocenters. The molecule has 0 aliphatic carbocycles. The molecular formula is C20H22ClN3O2S. The van der Waals surface area contributed by atoms with Gasteiger partial charge in [-0.05, 0) is 73.9 Å². The van der Waals surface area contributed by atoms with E-state index in [0.717, 1.165) is 18.8 Å². The molecule has 27 heavy (non-hydrogen) atoms. The van der Waals surface area contributed by atoms with E-state index in [1.54, 1.807) is 18.2 Å². The lowest BCUT2D eigenvalue weighted by Crippen LogP contribution is -2.34. The van der Waals surface area contributed by atoms with E-state index >= 15 is 0 Å². The van der Waals surface area contributed by atoms with Gasteiger partial charge in [0.15, 0.2) is 5.11 Å². The first-order valence-electron chi connectivity index (χ1n) is 8.88. The van der Waals surface area contributed by atoms with Crippen molar-refractivity contribution in [3.63, 3.8) is 0 Å². The number of anilines is 2. The summed E-state index contributed by atoms with van der Waals surface area (Å²) in [4.78, 5) is 14.8. The highest BCUT2D eigenvalue weighted by molar-refractivity contribution is 7.80. The van der Waals surface area contributed by atoms with Gasteiger partial charge in [0.2, 0.25) is 0 Å². The molecule has 2 aromatic rings. The largest absolute Gasteiger partial charge is 0.496 e. The van der Waals surface area contributed by atoms with Crippen molar-refractivity contribution in [3.8, 4) is 5.75 Å². The molecule has 0 atom stereocenters. The van der Waals surface area contributed by atoms with E-state index in [9.17, 15) is 4.79 Å². The third kappa shape index (κ3) is 5.11. The zero-order valence-electron chi connectivity index (χ0n) is 15.1. The Bertz CT molecular complexity index is 820. The smallest absolute Gasteiger partial charge is 0.261 e. The fourth-order valence-corrected chi connectivity index (χ4v) is 3.48.